The van der Waals surface area contributed by atoms with Gasteiger partial charge in [0.25, 0.3) is 5.91 Å². The highest BCUT2D eigenvalue weighted by Crippen LogP contribution is 2.48. The topological polar surface area (TPSA) is 57.3 Å². The van der Waals surface area contributed by atoms with Crippen molar-refractivity contribution in [2.45, 2.75) is 51.5 Å². The van der Waals surface area contributed by atoms with Crippen LogP contribution in [0.15, 0.2) is 24.3 Å². The van der Waals surface area contributed by atoms with Crippen molar-refractivity contribution in [3.8, 4) is 0 Å². The fourth-order valence-electron chi connectivity index (χ4n) is 6.06. The number of carbonyl (C=O) groups is 1. The van der Waals surface area contributed by atoms with Crippen LogP contribution < -0.4 is 10.6 Å². The first-order chi connectivity index (χ1) is 15.1. The largest absolute Gasteiger partial charge is 0.351 e. The van der Waals surface area contributed by atoms with Gasteiger partial charge in [-0.3, -0.25) is 14.7 Å². The number of rotatable bonds is 5. The van der Waals surface area contributed by atoms with Gasteiger partial charge in [-0.15, -0.1) is 0 Å². The molecular formula is C25H33ClN4O. The molecule has 0 radical (unpaired) electrons. The average Bonchev–Trinajstić information content (AvgIpc) is 2.78. The van der Waals surface area contributed by atoms with E-state index in [0.717, 1.165) is 61.8 Å². The molecule has 2 bridgehead atoms. The number of nitrogens with zero attached hydrogens (tertiary/aromatic N) is 2. The SMILES string of the molecule is O=C(NCC12CCCC(CCC1)C2)c1c(Cl)ccc2nc(CN3CCNCC3)ccc12. The Bertz CT molecular complexity index is 946. The van der Waals surface area contributed by atoms with Gasteiger partial charge >= 0.3 is 0 Å². The molecule has 3 fully saturated rings. The van der Waals surface area contributed by atoms with E-state index in [2.05, 4.69) is 15.5 Å². The van der Waals surface area contributed by atoms with Crippen LogP contribution in [-0.4, -0.2) is 48.5 Å². The molecule has 6 heteroatoms. The molecule has 2 heterocycles. The molecule has 1 aromatic carbocycles. The van der Waals surface area contributed by atoms with E-state index in [9.17, 15) is 4.79 Å². The Morgan fingerprint density at radius 2 is 1.94 bits per heavy atom. The van der Waals surface area contributed by atoms with E-state index in [1.54, 1.807) is 0 Å². The maximum atomic E-state index is 13.2. The summed E-state index contributed by atoms with van der Waals surface area (Å²) in [6, 6.07) is 7.82. The molecule has 1 saturated heterocycles. The number of hydrogen-bond donors (Lipinski definition) is 2. The van der Waals surface area contributed by atoms with Gasteiger partial charge in [0.15, 0.2) is 0 Å². The van der Waals surface area contributed by atoms with Crippen molar-refractivity contribution in [2.75, 3.05) is 32.7 Å². The highest BCUT2D eigenvalue weighted by atomic mass is 35.5. The van der Waals surface area contributed by atoms with E-state index in [1.807, 2.05) is 24.3 Å². The van der Waals surface area contributed by atoms with Crippen LogP contribution in [0.5, 0.6) is 0 Å². The number of pyridine rings is 1. The van der Waals surface area contributed by atoms with Gasteiger partial charge in [0.05, 0.1) is 21.8 Å². The Labute approximate surface area is 189 Å². The second-order valence-corrected chi connectivity index (χ2v) is 10.3. The minimum absolute atomic E-state index is 0.0608. The zero-order chi connectivity index (χ0) is 21.3. The summed E-state index contributed by atoms with van der Waals surface area (Å²) >= 11 is 6.51. The van der Waals surface area contributed by atoms with Crippen LogP contribution in [0, 0.1) is 11.3 Å². The maximum Gasteiger partial charge on any atom is 0.253 e. The lowest BCUT2D eigenvalue weighted by atomic mass is 9.62. The quantitative estimate of drug-likeness (QED) is 0.724. The lowest BCUT2D eigenvalue weighted by Crippen LogP contribution is -2.43. The van der Waals surface area contributed by atoms with E-state index >= 15 is 0 Å². The predicted molar refractivity (Wildman–Crippen MR) is 125 cm³/mol. The lowest BCUT2D eigenvalue weighted by Gasteiger charge is -2.45. The van der Waals surface area contributed by atoms with E-state index in [1.165, 1.54) is 44.9 Å². The third-order valence-corrected chi connectivity index (χ3v) is 8.00. The zero-order valence-corrected chi connectivity index (χ0v) is 19.0. The number of halogens is 1. The Morgan fingerprint density at radius 1 is 1.16 bits per heavy atom. The molecule has 1 aliphatic heterocycles. The molecule has 0 unspecified atom stereocenters. The van der Waals surface area contributed by atoms with Gasteiger partial charge in [-0.1, -0.05) is 43.4 Å². The molecule has 2 saturated carbocycles. The van der Waals surface area contributed by atoms with Crippen molar-refractivity contribution < 1.29 is 4.79 Å². The Hall–Kier alpha value is -1.69. The number of aromatic nitrogens is 1. The van der Waals surface area contributed by atoms with Crippen LogP contribution in [0.1, 0.15) is 61.0 Å². The van der Waals surface area contributed by atoms with Gasteiger partial charge < -0.3 is 10.6 Å². The molecular weight excluding hydrogens is 408 g/mol. The van der Waals surface area contributed by atoms with Crippen molar-refractivity contribution >= 4 is 28.4 Å². The van der Waals surface area contributed by atoms with Crippen LogP contribution in [-0.2, 0) is 6.54 Å². The molecule has 0 spiro atoms. The molecule has 5 nitrogen and oxygen atoms in total. The van der Waals surface area contributed by atoms with Crippen molar-refractivity contribution in [3.05, 3.63) is 40.5 Å². The highest BCUT2D eigenvalue weighted by molar-refractivity contribution is 6.35. The van der Waals surface area contributed by atoms with E-state index in [-0.39, 0.29) is 5.91 Å². The van der Waals surface area contributed by atoms with Crippen molar-refractivity contribution in [1.29, 1.82) is 0 Å². The van der Waals surface area contributed by atoms with E-state index in [0.29, 0.717) is 16.0 Å². The predicted octanol–water partition coefficient (Wildman–Crippen LogP) is 4.38. The molecule has 0 atom stereocenters. The maximum absolute atomic E-state index is 13.2. The molecule has 2 N–H and O–H groups in total. The summed E-state index contributed by atoms with van der Waals surface area (Å²) in [5.74, 6) is 0.799. The van der Waals surface area contributed by atoms with Crippen LogP contribution in [0.25, 0.3) is 10.9 Å². The third kappa shape index (κ3) is 4.59. The first kappa shape index (κ1) is 21.2. The summed E-state index contributed by atoms with van der Waals surface area (Å²) in [6.45, 7) is 5.73. The lowest BCUT2D eigenvalue weighted by molar-refractivity contribution is 0.0682. The number of piperazine rings is 1. The molecule has 2 aromatic rings. The average molecular weight is 441 g/mol. The third-order valence-electron chi connectivity index (χ3n) is 7.68. The Kier molecular flexibility index (Phi) is 6.18. The molecule has 2 aliphatic carbocycles. The number of fused-ring (bicyclic) bond motifs is 3. The van der Waals surface area contributed by atoms with Crippen LogP contribution >= 0.6 is 11.6 Å². The van der Waals surface area contributed by atoms with Crippen molar-refractivity contribution in [1.82, 2.24) is 20.5 Å². The Balaban J connectivity index is 1.33. The monoisotopic (exact) mass is 440 g/mol. The fraction of sp³-hybridized carbons (Fsp3) is 0.600. The van der Waals surface area contributed by atoms with Crippen molar-refractivity contribution in [3.63, 3.8) is 0 Å². The first-order valence-corrected chi connectivity index (χ1v) is 12.3. The summed E-state index contributed by atoms with van der Waals surface area (Å²) in [4.78, 5) is 20.5. The minimum atomic E-state index is -0.0608. The number of amides is 1. The van der Waals surface area contributed by atoms with Crippen LogP contribution in [0.2, 0.25) is 5.02 Å². The summed E-state index contributed by atoms with van der Waals surface area (Å²) in [7, 11) is 0. The number of nitrogens with one attached hydrogen (secondary N) is 2. The van der Waals surface area contributed by atoms with Gasteiger partial charge in [-0.2, -0.15) is 0 Å². The first-order valence-electron chi connectivity index (χ1n) is 11.9. The number of hydrogen-bond acceptors (Lipinski definition) is 4. The van der Waals surface area contributed by atoms with Crippen molar-refractivity contribution in [2.24, 2.45) is 11.3 Å². The summed E-state index contributed by atoms with van der Waals surface area (Å²) in [6.07, 6.45) is 9.09. The minimum Gasteiger partial charge on any atom is -0.351 e. The molecule has 3 aliphatic rings. The van der Waals surface area contributed by atoms with Crippen LogP contribution in [0.4, 0.5) is 0 Å². The fourth-order valence-corrected chi connectivity index (χ4v) is 6.31. The molecule has 5 rings (SSSR count). The van der Waals surface area contributed by atoms with E-state index in [4.69, 9.17) is 16.6 Å². The van der Waals surface area contributed by atoms with Gasteiger partial charge in [0.2, 0.25) is 0 Å². The molecule has 31 heavy (non-hydrogen) atoms. The molecule has 1 aromatic heterocycles. The molecule has 1 amide bonds. The smallest absolute Gasteiger partial charge is 0.253 e. The van der Waals surface area contributed by atoms with Crippen LogP contribution in [0.3, 0.4) is 0 Å². The summed E-state index contributed by atoms with van der Waals surface area (Å²) in [5.41, 5.74) is 2.75. The standard InChI is InChI=1S/C25H33ClN4O/c26-21-7-8-22-20(6-5-19(29-22)16-30-13-11-27-12-14-30)23(21)24(31)28-17-25-9-1-3-18(15-25)4-2-10-25/h5-8,18,27H,1-4,9-17H2,(H,28,31). The van der Waals surface area contributed by atoms with Gasteiger partial charge in [-0.05, 0) is 48.8 Å². The van der Waals surface area contributed by atoms with E-state index < -0.39 is 0 Å². The summed E-state index contributed by atoms with van der Waals surface area (Å²) < 4.78 is 0. The normalized spacial score (nSPS) is 26.7. The number of benzene rings is 1. The second kappa shape index (κ2) is 9.05. The van der Waals surface area contributed by atoms with Gasteiger partial charge in [-0.25, -0.2) is 0 Å². The Morgan fingerprint density at radius 3 is 2.71 bits per heavy atom. The van der Waals surface area contributed by atoms with Gasteiger partial charge in [0.1, 0.15) is 0 Å². The van der Waals surface area contributed by atoms with Gasteiger partial charge in [0, 0.05) is 44.7 Å². The highest BCUT2D eigenvalue weighted by Gasteiger charge is 2.39. The zero-order valence-electron chi connectivity index (χ0n) is 18.3. The number of carbonyl (C=O) groups excluding carboxylic acids is 1. The summed E-state index contributed by atoms with van der Waals surface area (Å²) in [5, 5.41) is 7.99. The molecule has 166 valence electrons. The second-order valence-electron chi connectivity index (χ2n) is 9.86.